The number of hydrogen-bond donors (Lipinski definition) is 0. The van der Waals surface area contributed by atoms with Crippen molar-refractivity contribution in [3.05, 3.63) is 23.4 Å². The highest BCUT2D eigenvalue weighted by molar-refractivity contribution is 5.79. The van der Waals surface area contributed by atoms with Crippen LogP contribution >= 0.6 is 0 Å². The van der Waals surface area contributed by atoms with Crippen LogP contribution in [0.5, 0.6) is 0 Å². The first-order valence-electron chi connectivity index (χ1n) is 4.60. The number of hydrogen-bond acceptors (Lipinski definition) is 1. The van der Waals surface area contributed by atoms with E-state index >= 15 is 0 Å². The summed E-state index contributed by atoms with van der Waals surface area (Å²) >= 11 is 0. The minimum absolute atomic E-state index is 1.06. The van der Waals surface area contributed by atoms with Crippen molar-refractivity contribution in [1.82, 2.24) is 0 Å². The molecule has 0 bridgehead atoms. The molecule has 68 valence electrons. The Hall–Kier alpha value is -0.850. The van der Waals surface area contributed by atoms with E-state index in [0.29, 0.717) is 0 Å². The third kappa shape index (κ3) is 4.89. The lowest BCUT2D eigenvalue weighted by atomic mass is 10.2. The van der Waals surface area contributed by atoms with Crippen LogP contribution in [0.3, 0.4) is 0 Å². The van der Waals surface area contributed by atoms with Crippen LogP contribution in [0.4, 0.5) is 0 Å². The minimum Gasteiger partial charge on any atom is -0.262 e. The van der Waals surface area contributed by atoms with Crippen molar-refractivity contribution in [2.45, 2.75) is 40.5 Å². The molecule has 0 unspecified atom stereocenters. The summed E-state index contributed by atoms with van der Waals surface area (Å²) in [5.74, 6) is 0. The third-order valence-corrected chi connectivity index (χ3v) is 1.73. The first kappa shape index (κ1) is 11.2. The fourth-order valence-corrected chi connectivity index (χ4v) is 0.810. The van der Waals surface area contributed by atoms with Crippen LogP contribution in [0.15, 0.2) is 28.4 Å². The molecule has 0 aliphatic carbocycles. The van der Waals surface area contributed by atoms with Gasteiger partial charge in [0.15, 0.2) is 0 Å². The number of rotatable bonds is 4. The van der Waals surface area contributed by atoms with Gasteiger partial charge in [0, 0.05) is 11.9 Å². The van der Waals surface area contributed by atoms with Crippen LogP contribution in [0.25, 0.3) is 0 Å². The maximum atomic E-state index is 4.30. The zero-order valence-electron chi connectivity index (χ0n) is 8.59. The van der Waals surface area contributed by atoms with Gasteiger partial charge in [0.2, 0.25) is 0 Å². The summed E-state index contributed by atoms with van der Waals surface area (Å²) in [4.78, 5) is 4.30. The van der Waals surface area contributed by atoms with Crippen molar-refractivity contribution in [3.8, 4) is 0 Å². The van der Waals surface area contributed by atoms with E-state index in [1.807, 2.05) is 26.1 Å². The normalized spacial score (nSPS) is 14.3. The molecule has 1 heteroatoms. The summed E-state index contributed by atoms with van der Waals surface area (Å²) < 4.78 is 0. The van der Waals surface area contributed by atoms with Gasteiger partial charge in [-0.15, -0.1) is 0 Å². The smallest absolute Gasteiger partial charge is 0.0330 e. The highest BCUT2D eigenvalue weighted by Gasteiger charge is 1.86. The molecule has 0 aromatic rings. The van der Waals surface area contributed by atoms with Gasteiger partial charge >= 0.3 is 0 Å². The van der Waals surface area contributed by atoms with Gasteiger partial charge in [0.05, 0.1) is 0 Å². The van der Waals surface area contributed by atoms with Crippen molar-refractivity contribution < 1.29 is 0 Å². The molecule has 0 rings (SSSR count). The van der Waals surface area contributed by atoms with Crippen molar-refractivity contribution in [1.29, 1.82) is 0 Å². The van der Waals surface area contributed by atoms with E-state index in [-0.39, 0.29) is 0 Å². The minimum atomic E-state index is 1.06. The summed E-state index contributed by atoms with van der Waals surface area (Å²) in [5, 5.41) is 0. The fraction of sp³-hybridized carbons (Fsp3) is 0.545. The van der Waals surface area contributed by atoms with Crippen molar-refractivity contribution >= 4 is 6.21 Å². The molecule has 0 aliphatic heterocycles. The Morgan fingerprint density at radius 2 is 2.00 bits per heavy atom. The Labute approximate surface area is 75.9 Å². The second-order valence-electron chi connectivity index (χ2n) is 2.73. The van der Waals surface area contributed by atoms with Crippen molar-refractivity contribution in [2.24, 2.45) is 4.99 Å². The zero-order valence-corrected chi connectivity index (χ0v) is 8.59. The quantitative estimate of drug-likeness (QED) is 0.563. The molecule has 0 radical (unpaired) electrons. The van der Waals surface area contributed by atoms with Gasteiger partial charge in [-0.2, -0.15) is 0 Å². The molecule has 1 nitrogen and oxygen atoms in total. The second-order valence-corrected chi connectivity index (χ2v) is 2.73. The van der Waals surface area contributed by atoms with Gasteiger partial charge in [0.1, 0.15) is 0 Å². The van der Waals surface area contributed by atoms with Gasteiger partial charge in [0.25, 0.3) is 0 Å². The average molecular weight is 165 g/mol. The van der Waals surface area contributed by atoms with E-state index < -0.39 is 0 Å². The monoisotopic (exact) mass is 165 g/mol. The van der Waals surface area contributed by atoms with Crippen molar-refractivity contribution in [3.63, 3.8) is 0 Å². The molecule has 12 heavy (non-hydrogen) atoms. The van der Waals surface area contributed by atoms with Crippen LogP contribution in [0.2, 0.25) is 0 Å². The van der Waals surface area contributed by atoms with E-state index in [0.717, 1.165) is 18.5 Å². The number of allylic oxidation sites excluding steroid dienone is 4. The average Bonchev–Trinajstić information content (AvgIpc) is 2.11. The molecule has 0 heterocycles. The largest absolute Gasteiger partial charge is 0.262 e. The Morgan fingerprint density at radius 3 is 2.42 bits per heavy atom. The Balaban J connectivity index is 4.20. The van der Waals surface area contributed by atoms with E-state index in [1.54, 1.807) is 0 Å². The van der Waals surface area contributed by atoms with Crippen LogP contribution in [0, 0.1) is 0 Å². The Bertz CT molecular complexity index is 197. The molecule has 0 aliphatic rings. The molecule has 0 atom stereocenters. The Morgan fingerprint density at radius 1 is 1.33 bits per heavy atom. The predicted octanol–water partition coefficient (Wildman–Crippen LogP) is 3.73. The maximum absolute atomic E-state index is 4.30. The highest BCUT2D eigenvalue weighted by atomic mass is 14.7. The molecule has 0 amide bonds. The summed E-state index contributed by atoms with van der Waals surface area (Å²) in [5.41, 5.74) is 2.39. The van der Waals surface area contributed by atoms with Gasteiger partial charge < -0.3 is 0 Å². The Kier molecular flexibility index (Phi) is 6.35. The predicted molar refractivity (Wildman–Crippen MR) is 56.6 cm³/mol. The molecule has 0 saturated heterocycles. The topological polar surface area (TPSA) is 12.4 Å². The van der Waals surface area contributed by atoms with Crippen LogP contribution in [0.1, 0.15) is 40.5 Å². The standard InChI is InChI=1S/C11H19N/c1-5-8-11(7-3)9-12-10(4)6-2/h6,8-9H,5,7H2,1-4H3/b10-6-,11-8+,12-9+. The lowest BCUT2D eigenvalue weighted by molar-refractivity contribution is 1.12. The first-order valence-corrected chi connectivity index (χ1v) is 4.60. The summed E-state index contributed by atoms with van der Waals surface area (Å²) in [6.45, 7) is 8.31. The first-order chi connectivity index (χ1) is 5.74. The molecule has 0 aromatic heterocycles. The molecule has 0 fully saturated rings. The van der Waals surface area contributed by atoms with Crippen molar-refractivity contribution in [2.75, 3.05) is 0 Å². The lowest BCUT2D eigenvalue weighted by Gasteiger charge is -1.95. The molecule has 0 spiro atoms. The molecule has 0 N–H and O–H groups in total. The summed E-state index contributed by atoms with van der Waals surface area (Å²) in [6.07, 6.45) is 8.33. The van der Waals surface area contributed by atoms with E-state index in [1.165, 1.54) is 5.57 Å². The van der Waals surface area contributed by atoms with Crippen LogP contribution < -0.4 is 0 Å². The molecule has 0 saturated carbocycles. The zero-order chi connectivity index (χ0) is 9.40. The van der Waals surface area contributed by atoms with E-state index in [9.17, 15) is 0 Å². The molecular formula is C11H19N. The second kappa shape index (κ2) is 6.84. The van der Waals surface area contributed by atoms with E-state index in [2.05, 4.69) is 24.9 Å². The number of aliphatic imine (C=N–C) groups is 1. The van der Waals surface area contributed by atoms with E-state index in [4.69, 9.17) is 0 Å². The SMILES string of the molecule is C\C=C(C)/N=C/C(=C/CC)CC. The number of nitrogens with zero attached hydrogens (tertiary/aromatic N) is 1. The highest BCUT2D eigenvalue weighted by Crippen LogP contribution is 2.01. The lowest BCUT2D eigenvalue weighted by Crippen LogP contribution is -1.82. The fourth-order valence-electron chi connectivity index (χ4n) is 0.810. The van der Waals surface area contributed by atoms with Gasteiger partial charge in [-0.3, -0.25) is 4.99 Å². The van der Waals surface area contributed by atoms with Gasteiger partial charge in [-0.05, 0) is 32.3 Å². The maximum Gasteiger partial charge on any atom is 0.0330 e. The summed E-state index contributed by atoms with van der Waals surface area (Å²) in [6, 6.07) is 0. The summed E-state index contributed by atoms with van der Waals surface area (Å²) in [7, 11) is 0. The molecule has 0 aromatic carbocycles. The third-order valence-electron chi connectivity index (χ3n) is 1.73. The molecular weight excluding hydrogens is 146 g/mol. The van der Waals surface area contributed by atoms with Crippen LogP contribution in [-0.4, -0.2) is 6.21 Å². The van der Waals surface area contributed by atoms with Gasteiger partial charge in [-0.1, -0.05) is 26.0 Å². The van der Waals surface area contributed by atoms with Gasteiger partial charge in [-0.25, -0.2) is 0 Å². The van der Waals surface area contributed by atoms with Crippen LogP contribution in [-0.2, 0) is 0 Å².